The maximum Gasteiger partial charge on any atom is 0.305 e. The number of aromatic hydroxyl groups is 3. The van der Waals surface area contributed by atoms with Gasteiger partial charge in [-0.1, -0.05) is 24.3 Å². The normalized spacial score (nSPS) is 14.3. The number of phenols is 3. The van der Waals surface area contributed by atoms with Crippen molar-refractivity contribution in [2.45, 2.75) is 25.7 Å². The Morgan fingerprint density at radius 1 is 0.760 bits per heavy atom. The number of hydrogen-bond acceptors (Lipinski definition) is 5. The van der Waals surface area contributed by atoms with Crippen molar-refractivity contribution in [3.05, 3.63) is 53.6 Å². The monoisotopic (exact) mass is 342 g/mol. The van der Waals surface area contributed by atoms with Crippen LogP contribution in [0.1, 0.15) is 36.8 Å². The molecular weight excluding hydrogens is 320 g/mol. The van der Waals surface area contributed by atoms with Gasteiger partial charge in [-0.2, -0.15) is 0 Å². The number of esters is 1. The van der Waals surface area contributed by atoms with Gasteiger partial charge in [0.25, 0.3) is 0 Å². The molecule has 2 aromatic rings. The predicted molar refractivity (Wildman–Crippen MR) is 96.2 cm³/mol. The average molecular weight is 342 g/mol. The van der Waals surface area contributed by atoms with Crippen molar-refractivity contribution in [1.82, 2.24) is 0 Å². The van der Waals surface area contributed by atoms with E-state index in [4.69, 9.17) is 9.84 Å². The van der Waals surface area contributed by atoms with Gasteiger partial charge in [-0.05, 0) is 54.7 Å². The molecule has 0 aliphatic carbocycles. The van der Waals surface area contributed by atoms with Gasteiger partial charge in [-0.25, -0.2) is 0 Å². The number of rotatable bonds is 2. The second-order valence-corrected chi connectivity index (χ2v) is 5.74. The lowest BCUT2D eigenvalue weighted by Gasteiger charge is -1.98. The third kappa shape index (κ3) is 6.99. The van der Waals surface area contributed by atoms with E-state index in [1.54, 1.807) is 42.5 Å². The number of carbonyl (C=O) groups is 1. The van der Waals surface area contributed by atoms with E-state index in [2.05, 4.69) is 0 Å². The predicted octanol–water partition coefficient (Wildman–Crippen LogP) is 4.08. The highest BCUT2D eigenvalue weighted by Gasteiger charge is 2.05. The maximum absolute atomic E-state index is 10.5. The molecule has 1 aliphatic heterocycles. The number of hydrogen-bond donors (Lipinski definition) is 3. The first-order valence-corrected chi connectivity index (χ1v) is 8.19. The molecule has 0 unspecified atom stereocenters. The van der Waals surface area contributed by atoms with E-state index in [9.17, 15) is 15.0 Å². The fourth-order valence-electron chi connectivity index (χ4n) is 2.30. The Labute approximate surface area is 146 Å². The van der Waals surface area contributed by atoms with Crippen LogP contribution in [0.3, 0.4) is 0 Å². The van der Waals surface area contributed by atoms with E-state index in [0.29, 0.717) is 18.6 Å². The van der Waals surface area contributed by atoms with E-state index in [1.165, 1.54) is 6.07 Å². The number of benzene rings is 2. The van der Waals surface area contributed by atoms with Gasteiger partial charge < -0.3 is 20.1 Å². The van der Waals surface area contributed by atoms with Crippen molar-refractivity contribution in [3.8, 4) is 17.2 Å². The third-order valence-electron chi connectivity index (χ3n) is 3.57. The van der Waals surface area contributed by atoms with Crippen molar-refractivity contribution in [2.75, 3.05) is 6.61 Å². The van der Waals surface area contributed by atoms with Gasteiger partial charge >= 0.3 is 5.97 Å². The molecule has 5 heteroatoms. The Morgan fingerprint density at radius 3 is 2.08 bits per heavy atom. The first-order chi connectivity index (χ1) is 12.0. The molecule has 0 atom stereocenters. The number of ether oxygens (including phenoxy) is 1. The standard InChI is InChI=1S/C14H12O3.C6H10O2/c15-12-5-3-10(4-6-12)1-2-11-7-13(16)9-14(17)8-11;7-6-4-2-1-3-5-8-6/h1-9,15-17H;1-5H2. The average Bonchev–Trinajstić information content (AvgIpc) is 2.82. The Balaban J connectivity index is 0.000000236. The van der Waals surface area contributed by atoms with Crippen molar-refractivity contribution >= 4 is 18.1 Å². The van der Waals surface area contributed by atoms with Gasteiger partial charge in [0.05, 0.1) is 6.61 Å². The summed E-state index contributed by atoms with van der Waals surface area (Å²) in [7, 11) is 0. The van der Waals surface area contributed by atoms with E-state index in [-0.39, 0.29) is 23.2 Å². The first-order valence-electron chi connectivity index (χ1n) is 8.19. The van der Waals surface area contributed by atoms with Crippen LogP contribution in [0.15, 0.2) is 42.5 Å². The highest BCUT2D eigenvalue weighted by Crippen LogP contribution is 2.22. The number of phenolic OH excluding ortho intramolecular Hbond substituents is 3. The molecule has 0 saturated carbocycles. The van der Waals surface area contributed by atoms with Crippen molar-refractivity contribution < 1.29 is 24.9 Å². The molecule has 0 spiro atoms. The topological polar surface area (TPSA) is 87.0 Å². The molecule has 1 saturated heterocycles. The highest BCUT2D eigenvalue weighted by atomic mass is 16.5. The van der Waals surface area contributed by atoms with Crippen LogP contribution in [0.25, 0.3) is 12.2 Å². The molecule has 0 aromatic heterocycles. The zero-order valence-electron chi connectivity index (χ0n) is 13.9. The number of carbonyl (C=O) groups excluding carboxylic acids is 1. The Hall–Kier alpha value is -2.95. The van der Waals surface area contributed by atoms with Crippen LogP contribution in [0.5, 0.6) is 17.2 Å². The quantitative estimate of drug-likeness (QED) is 0.565. The van der Waals surface area contributed by atoms with Crippen LogP contribution in [-0.2, 0) is 9.53 Å². The van der Waals surface area contributed by atoms with E-state index in [1.807, 2.05) is 6.08 Å². The summed E-state index contributed by atoms with van der Waals surface area (Å²) in [4.78, 5) is 10.5. The van der Waals surface area contributed by atoms with Crippen LogP contribution in [0.2, 0.25) is 0 Å². The van der Waals surface area contributed by atoms with Crippen molar-refractivity contribution in [3.63, 3.8) is 0 Å². The molecule has 132 valence electrons. The lowest BCUT2D eigenvalue weighted by atomic mass is 10.1. The molecule has 0 amide bonds. The summed E-state index contributed by atoms with van der Waals surface area (Å²) in [5.41, 5.74) is 1.63. The van der Waals surface area contributed by atoms with Gasteiger partial charge in [-0.3, -0.25) is 4.79 Å². The van der Waals surface area contributed by atoms with Gasteiger partial charge in [0, 0.05) is 12.5 Å². The third-order valence-corrected chi connectivity index (χ3v) is 3.57. The zero-order valence-corrected chi connectivity index (χ0v) is 13.9. The van der Waals surface area contributed by atoms with Crippen molar-refractivity contribution in [2.24, 2.45) is 0 Å². The lowest BCUT2D eigenvalue weighted by molar-refractivity contribution is -0.142. The van der Waals surface area contributed by atoms with Gasteiger partial charge in [0.1, 0.15) is 17.2 Å². The maximum atomic E-state index is 10.5. The Kier molecular flexibility index (Phi) is 6.89. The largest absolute Gasteiger partial charge is 0.508 e. The summed E-state index contributed by atoms with van der Waals surface area (Å²) in [5, 5.41) is 27.7. The summed E-state index contributed by atoms with van der Waals surface area (Å²) in [5.74, 6) is 0.241. The van der Waals surface area contributed by atoms with E-state index in [0.717, 1.165) is 24.8 Å². The molecule has 1 heterocycles. The minimum atomic E-state index is -0.0255. The van der Waals surface area contributed by atoms with Crippen molar-refractivity contribution in [1.29, 1.82) is 0 Å². The Morgan fingerprint density at radius 2 is 1.40 bits per heavy atom. The SMILES string of the molecule is O=C1CCCCCO1.Oc1ccc(C=Cc2cc(O)cc(O)c2)cc1. The van der Waals surface area contributed by atoms with E-state index >= 15 is 0 Å². The molecule has 0 bridgehead atoms. The number of cyclic esters (lactones) is 1. The first kappa shape index (κ1) is 18.4. The Bertz CT molecular complexity index is 689. The smallest absolute Gasteiger partial charge is 0.305 e. The summed E-state index contributed by atoms with van der Waals surface area (Å²) < 4.78 is 4.76. The lowest BCUT2D eigenvalue weighted by Crippen LogP contribution is -2.00. The minimum absolute atomic E-state index is 0.0235. The van der Waals surface area contributed by atoms with Gasteiger partial charge in [0.15, 0.2) is 0 Å². The van der Waals surface area contributed by atoms with Crippen LogP contribution >= 0.6 is 0 Å². The summed E-state index contributed by atoms with van der Waals surface area (Å²) >= 11 is 0. The van der Waals surface area contributed by atoms with Crippen LogP contribution in [0, 0.1) is 0 Å². The molecule has 25 heavy (non-hydrogen) atoms. The van der Waals surface area contributed by atoms with Crippen LogP contribution in [-0.4, -0.2) is 27.9 Å². The van der Waals surface area contributed by atoms with Crippen LogP contribution < -0.4 is 0 Å². The van der Waals surface area contributed by atoms with E-state index < -0.39 is 0 Å². The van der Waals surface area contributed by atoms with Gasteiger partial charge in [-0.15, -0.1) is 0 Å². The summed E-state index contributed by atoms with van der Waals surface area (Å²) in [6, 6.07) is 11.1. The summed E-state index contributed by atoms with van der Waals surface area (Å²) in [6.07, 6.45) is 7.43. The fraction of sp³-hybridized carbons (Fsp3) is 0.250. The molecule has 1 aliphatic rings. The van der Waals surface area contributed by atoms with Gasteiger partial charge in [0.2, 0.25) is 0 Å². The molecular formula is C20H22O5. The molecule has 0 radical (unpaired) electrons. The second kappa shape index (κ2) is 9.37. The van der Waals surface area contributed by atoms with Crippen LogP contribution in [0.4, 0.5) is 0 Å². The second-order valence-electron chi connectivity index (χ2n) is 5.74. The minimum Gasteiger partial charge on any atom is -0.508 e. The molecule has 2 aromatic carbocycles. The highest BCUT2D eigenvalue weighted by molar-refractivity contribution is 5.71. The molecule has 3 N–H and O–H groups in total. The fourth-order valence-corrected chi connectivity index (χ4v) is 2.30. The molecule has 3 rings (SSSR count). The zero-order chi connectivity index (χ0) is 18.1. The summed E-state index contributed by atoms with van der Waals surface area (Å²) in [6.45, 7) is 0.638. The molecule has 1 fully saturated rings. The molecule has 5 nitrogen and oxygen atoms in total.